The van der Waals surface area contributed by atoms with Crippen LogP contribution < -0.4 is 10.5 Å². The van der Waals surface area contributed by atoms with E-state index in [1.807, 2.05) is 26.1 Å². The number of hydrogen-bond acceptors (Lipinski definition) is 3. The molecule has 0 bridgehead atoms. The zero-order valence-electron chi connectivity index (χ0n) is 13.1. The van der Waals surface area contributed by atoms with Gasteiger partial charge in [0.1, 0.15) is 10.7 Å². The Labute approximate surface area is 130 Å². The average Bonchev–Trinajstić information content (AvgIpc) is 2.63. The lowest BCUT2D eigenvalue weighted by Gasteiger charge is -2.19. The number of rotatable bonds is 3. The minimum Gasteiger partial charge on any atom is -0.439 e. The molecule has 1 heterocycles. The lowest BCUT2D eigenvalue weighted by molar-refractivity contribution is 0.429. The molecule has 2 rings (SSSR count). The van der Waals surface area contributed by atoms with E-state index in [0.29, 0.717) is 16.4 Å². The van der Waals surface area contributed by atoms with Crippen LogP contribution >= 0.6 is 12.2 Å². The van der Waals surface area contributed by atoms with Gasteiger partial charge in [-0.2, -0.15) is 5.10 Å². The molecule has 0 amide bonds. The molecule has 0 aliphatic heterocycles. The number of hydrogen-bond donors (Lipinski definition) is 1. The Bertz CT molecular complexity index is 666. The third-order valence-electron chi connectivity index (χ3n) is 3.35. The topological polar surface area (TPSA) is 53.1 Å². The van der Waals surface area contributed by atoms with E-state index in [-0.39, 0.29) is 5.41 Å². The SMILES string of the molecule is Cc1nn(C)c(Oc2ccc(C(C)(C)C)cc2)c1C(N)=S. The van der Waals surface area contributed by atoms with E-state index < -0.39 is 0 Å². The molecule has 4 nitrogen and oxygen atoms in total. The zero-order valence-corrected chi connectivity index (χ0v) is 13.9. The minimum atomic E-state index is 0.117. The monoisotopic (exact) mass is 303 g/mol. The van der Waals surface area contributed by atoms with Crippen molar-refractivity contribution in [2.45, 2.75) is 33.1 Å². The molecule has 2 N–H and O–H groups in total. The van der Waals surface area contributed by atoms with Crippen LogP contribution in [0.3, 0.4) is 0 Å². The van der Waals surface area contributed by atoms with E-state index in [0.717, 1.165) is 11.4 Å². The van der Waals surface area contributed by atoms with Crippen molar-refractivity contribution >= 4 is 17.2 Å². The van der Waals surface area contributed by atoms with Crippen LogP contribution in [-0.2, 0) is 12.5 Å². The standard InChI is InChI=1S/C16H21N3OS/c1-10-13(14(17)21)15(19(5)18-10)20-12-8-6-11(7-9-12)16(2,3)4/h6-9H,1-5H3,(H2,17,21). The van der Waals surface area contributed by atoms with Crippen molar-refractivity contribution in [3.8, 4) is 11.6 Å². The van der Waals surface area contributed by atoms with Crippen LogP contribution in [0.5, 0.6) is 11.6 Å². The second-order valence-electron chi connectivity index (χ2n) is 6.13. The van der Waals surface area contributed by atoms with Gasteiger partial charge in [-0.1, -0.05) is 45.1 Å². The molecule has 0 aliphatic carbocycles. The van der Waals surface area contributed by atoms with Crippen LogP contribution in [-0.4, -0.2) is 14.8 Å². The first kappa shape index (κ1) is 15.5. The van der Waals surface area contributed by atoms with Crippen molar-refractivity contribution in [3.05, 3.63) is 41.1 Å². The zero-order chi connectivity index (χ0) is 15.8. The molecule has 0 radical (unpaired) electrons. The second-order valence-corrected chi connectivity index (χ2v) is 6.57. The average molecular weight is 303 g/mol. The van der Waals surface area contributed by atoms with E-state index in [4.69, 9.17) is 22.7 Å². The Hall–Kier alpha value is -1.88. The predicted octanol–water partition coefficient (Wildman–Crippen LogP) is 3.45. The van der Waals surface area contributed by atoms with Crippen LogP contribution in [0.1, 0.15) is 37.6 Å². The van der Waals surface area contributed by atoms with Gasteiger partial charge in [0.15, 0.2) is 0 Å². The maximum Gasteiger partial charge on any atom is 0.228 e. The normalized spacial score (nSPS) is 11.5. The van der Waals surface area contributed by atoms with Crippen molar-refractivity contribution < 1.29 is 4.74 Å². The third-order valence-corrected chi connectivity index (χ3v) is 3.55. The van der Waals surface area contributed by atoms with Gasteiger partial charge in [-0.3, -0.25) is 0 Å². The van der Waals surface area contributed by atoms with E-state index in [1.165, 1.54) is 5.56 Å². The molecule has 0 aliphatic rings. The number of aryl methyl sites for hydroxylation is 2. The molecule has 0 unspecified atom stereocenters. The Morgan fingerprint density at radius 2 is 1.81 bits per heavy atom. The fraction of sp³-hybridized carbons (Fsp3) is 0.375. The summed E-state index contributed by atoms with van der Waals surface area (Å²) in [4.78, 5) is 0.293. The summed E-state index contributed by atoms with van der Waals surface area (Å²) >= 11 is 5.08. The van der Waals surface area contributed by atoms with Gasteiger partial charge in [0.05, 0.1) is 11.3 Å². The maximum atomic E-state index is 5.92. The van der Waals surface area contributed by atoms with Crippen molar-refractivity contribution in [3.63, 3.8) is 0 Å². The Kier molecular flexibility index (Phi) is 4.05. The quantitative estimate of drug-likeness (QED) is 0.882. The summed E-state index contributed by atoms with van der Waals surface area (Å²) in [7, 11) is 1.81. The highest BCUT2D eigenvalue weighted by molar-refractivity contribution is 7.80. The number of nitrogens with two attached hydrogens (primary N) is 1. The highest BCUT2D eigenvalue weighted by Crippen LogP contribution is 2.29. The van der Waals surface area contributed by atoms with Crippen LogP contribution in [0.15, 0.2) is 24.3 Å². The van der Waals surface area contributed by atoms with E-state index >= 15 is 0 Å². The molecule has 0 saturated carbocycles. The van der Waals surface area contributed by atoms with Gasteiger partial charge in [-0.25, -0.2) is 4.68 Å². The highest BCUT2D eigenvalue weighted by atomic mass is 32.1. The molecule has 21 heavy (non-hydrogen) atoms. The Morgan fingerprint density at radius 3 is 2.29 bits per heavy atom. The number of aromatic nitrogens is 2. The lowest BCUT2D eigenvalue weighted by Crippen LogP contribution is -2.12. The van der Waals surface area contributed by atoms with E-state index in [2.05, 4.69) is 38.0 Å². The van der Waals surface area contributed by atoms with Gasteiger partial charge < -0.3 is 10.5 Å². The van der Waals surface area contributed by atoms with Crippen molar-refractivity contribution in [2.75, 3.05) is 0 Å². The molecule has 0 spiro atoms. The van der Waals surface area contributed by atoms with Crippen LogP contribution in [0.25, 0.3) is 0 Å². The van der Waals surface area contributed by atoms with Crippen LogP contribution in [0.4, 0.5) is 0 Å². The first-order valence-corrected chi connectivity index (χ1v) is 7.23. The smallest absolute Gasteiger partial charge is 0.228 e. The van der Waals surface area contributed by atoms with Crippen molar-refractivity contribution in [2.24, 2.45) is 12.8 Å². The van der Waals surface area contributed by atoms with Gasteiger partial charge in [-0.05, 0) is 30.0 Å². The molecule has 0 fully saturated rings. The number of benzene rings is 1. The number of thiocarbonyl (C=S) groups is 1. The van der Waals surface area contributed by atoms with Gasteiger partial charge >= 0.3 is 0 Å². The molecule has 0 atom stereocenters. The molecule has 5 heteroatoms. The summed E-state index contributed by atoms with van der Waals surface area (Å²) < 4.78 is 7.58. The largest absolute Gasteiger partial charge is 0.439 e. The summed E-state index contributed by atoms with van der Waals surface area (Å²) in [6.45, 7) is 8.40. The summed E-state index contributed by atoms with van der Waals surface area (Å²) in [5.41, 5.74) is 8.59. The van der Waals surface area contributed by atoms with Gasteiger partial charge in [0.2, 0.25) is 5.88 Å². The highest BCUT2D eigenvalue weighted by Gasteiger charge is 2.18. The molecule has 1 aromatic carbocycles. The number of nitrogens with zero attached hydrogens (tertiary/aromatic N) is 2. The van der Waals surface area contributed by atoms with Gasteiger partial charge in [0, 0.05) is 7.05 Å². The molecule has 112 valence electrons. The summed E-state index contributed by atoms with van der Waals surface area (Å²) in [6, 6.07) is 8.04. The van der Waals surface area contributed by atoms with Crippen molar-refractivity contribution in [1.82, 2.24) is 9.78 Å². The summed E-state index contributed by atoms with van der Waals surface area (Å²) in [6.07, 6.45) is 0. The first-order chi connectivity index (χ1) is 9.70. The van der Waals surface area contributed by atoms with Gasteiger partial charge in [0.25, 0.3) is 0 Å². The van der Waals surface area contributed by atoms with E-state index in [1.54, 1.807) is 4.68 Å². The molecule has 1 aromatic heterocycles. The lowest BCUT2D eigenvalue weighted by atomic mass is 9.87. The molecule has 0 saturated heterocycles. The third kappa shape index (κ3) is 3.24. The van der Waals surface area contributed by atoms with Gasteiger partial charge in [-0.15, -0.1) is 0 Å². The summed E-state index contributed by atoms with van der Waals surface area (Å²) in [5, 5.41) is 4.31. The van der Waals surface area contributed by atoms with E-state index in [9.17, 15) is 0 Å². The molecular weight excluding hydrogens is 282 g/mol. The van der Waals surface area contributed by atoms with Crippen LogP contribution in [0, 0.1) is 6.92 Å². The summed E-state index contributed by atoms with van der Waals surface area (Å²) in [5.74, 6) is 1.31. The Morgan fingerprint density at radius 1 is 1.24 bits per heavy atom. The maximum absolute atomic E-state index is 5.92. The predicted molar refractivity (Wildman–Crippen MR) is 89.0 cm³/mol. The minimum absolute atomic E-state index is 0.117. The Balaban J connectivity index is 2.33. The first-order valence-electron chi connectivity index (χ1n) is 6.82. The van der Waals surface area contributed by atoms with Crippen molar-refractivity contribution in [1.29, 1.82) is 0 Å². The van der Waals surface area contributed by atoms with Crippen LogP contribution in [0.2, 0.25) is 0 Å². The second kappa shape index (κ2) is 5.48. The molecule has 2 aromatic rings. The molecular formula is C16H21N3OS. The number of ether oxygens (including phenoxy) is 1. The fourth-order valence-corrected chi connectivity index (χ4v) is 2.41. The fourth-order valence-electron chi connectivity index (χ4n) is 2.17.